The van der Waals surface area contributed by atoms with E-state index >= 15 is 0 Å². The number of nitrogens with zero attached hydrogens (tertiary/aromatic N) is 1. The molecule has 1 heterocycles. The Morgan fingerprint density at radius 2 is 2.03 bits per heavy atom. The number of hydrogen-bond acceptors (Lipinski definition) is 7. The van der Waals surface area contributed by atoms with Crippen LogP contribution in [-0.4, -0.2) is 41.4 Å². The van der Waals surface area contributed by atoms with Crippen molar-refractivity contribution in [2.45, 2.75) is 20.0 Å². The third-order valence-corrected chi connectivity index (χ3v) is 6.94. The highest BCUT2D eigenvalue weighted by molar-refractivity contribution is 9.10. The van der Waals surface area contributed by atoms with Gasteiger partial charge < -0.3 is 14.2 Å². The van der Waals surface area contributed by atoms with Gasteiger partial charge in [-0.1, -0.05) is 53.8 Å². The van der Waals surface area contributed by atoms with Crippen LogP contribution < -0.4 is 9.47 Å². The number of ether oxygens (including phenoxy) is 3. The van der Waals surface area contributed by atoms with E-state index in [0.29, 0.717) is 36.8 Å². The predicted octanol–water partition coefficient (Wildman–Crippen LogP) is 5.84. The summed E-state index contributed by atoms with van der Waals surface area (Å²) in [6.45, 7) is 2.77. The topological polar surface area (TPSA) is 65.1 Å². The first-order valence-corrected chi connectivity index (χ1v) is 12.4. The molecule has 1 saturated heterocycles. The molecule has 0 unspecified atom stereocenters. The average Bonchev–Trinajstić information content (AvgIpc) is 3.05. The van der Waals surface area contributed by atoms with E-state index in [1.807, 2.05) is 37.3 Å². The monoisotopic (exact) mass is 569 g/mol. The molecule has 0 aliphatic carbocycles. The van der Waals surface area contributed by atoms with Crippen LogP contribution in [0, 0.1) is 0 Å². The molecule has 1 amide bonds. The van der Waals surface area contributed by atoms with E-state index in [9.17, 15) is 9.59 Å². The van der Waals surface area contributed by atoms with Gasteiger partial charge in [-0.2, -0.15) is 0 Å². The van der Waals surface area contributed by atoms with Crippen molar-refractivity contribution in [3.8, 4) is 11.5 Å². The van der Waals surface area contributed by atoms with E-state index in [1.165, 1.54) is 23.8 Å². The van der Waals surface area contributed by atoms with E-state index in [1.54, 1.807) is 12.1 Å². The summed E-state index contributed by atoms with van der Waals surface area (Å²) in [5, 5.41) is 0.623. The third-order valence-electron chi connectivity index (χ3n) is 4.60. The van der Waals surface area contributed by atoms with Crippen molar-refractivity contribution >= 4 is 73.8 Å². The Labute approximate surface area is 215 Å². The lowest BCUT2D eigenvalue weighted by Gasteiger charge is -2.15. The maximum absolute atomic E-state index is 12.8. The Morgan fingerprint density at radius 1 is 1.27 bits per heavy atom. The maximum Gasteiger partial charge on any atom is 0.307 e. The van der Waals surface area contributed by atoms with Gasteiger partial charge in [-0.15, -0.1) is 0 Å². The Balaban J connectivity index is 1.82. The number of rotatable bonds is 9. The summed E-state index contributed by atoms with van der Waals surface area (Å²) in [6, 6.07) is 11.1. The number of halogens is 2. The predicted molar refractivity (Wildman–Crippen MR) is 138 cm³/mol. The molecular formula is C23H21BrClNO5S2. The number of carbonyl (C=O) groups excluding carboxylic acids is 2. The van der Waals surface area contributed by atoms with Crippen LogP contribution in [0.4, 0.5) is 0 Å². The molecule has 0 aromatic heterocycles. The lowest BCUT2D eigenvalue weighted by Crippen LogP contribution is -2.30. The van der Waals surface area contributed by atoms with Crippen molar-refractivity contribution in [3.05, 3.63) is 61.9 Å². The molecule has 10 heteroatoms. The quantitative estimate of drug-likeness (QED) is 0.213. The first-order valence-electron chi connectivity index (χ1n) is 9.98. The van der Waals surface area contributed by atoms with Crippen LogP contribution in [0.3, 0.4) is 0 Å². The van der Waals surface area contributed by atoms with Crippen molar-refractivity contribution < 1.29 is 23.8 Å². The first-order chi connectivity index (χ1) is 15.8. The Morgan fingerprint density at radius 3 is 2.73 bits per heavy atom. The van der Waals surface area contributed by atoms with Crippen LogP contribution >= 0.6 is 51.5 Å². The van der Waals surface area contributed by atoms with Crippen molar-refractivity contribution in [2.24, 2.45) is 0 Å². The van der Waals surface area contributed by atoms with Crippen molar-refractivity contribution in [2.75, 3.05) is 20.3 Å². The van der Waals surface area contributed by atoms with Crippen molar-refractivity contribution in [3.63, 3.8) is 0 Å². The van der Waals surface area contributed by atoms with Crippen molar-refractivity contribution in [1.82, 2.24) is 4.90 Å². The number of amides is 1. The minimum absolute atomic E-state index is 0.0771. The highest BCUT2D eigenvalue weighted by Gasteiger charge is 2.32. The zero-order valence-corrected chi connectivity index (χ0v) is 21.9. The van der Waals surface area contributed by atoms with Gasteiger partial charge in [0.15, 0.2) is 11.5 Å². The van der Waals surface area contributed by atoms with E-state index in [2.05, 4.69) is 20.7 Å². The molecule has 6 nitrogen and oxygen atoms in total. The fourth-order valence-electron chi connectivity index (χ4n) is 2.99. The fraction of sp³-hybridized carbons (Fsp3) is 0.261. The zero-order chi connectivity index (χ0) is 24.0. The summed E-state index contributed by atoms with van der Waals surface area (Å²) in [7, 11) is 1.31. The number of benzene rings is 2. The summed E-state index contributed by atoms with van der Waals surface area (Å²) >= 11 is 16.3. The van der Waals surface area contributed by atoms with Gasteiger partial charge in [0.05, 0.1) is 29.5 Å². The molecule has 0 atom stereocenters. The molecular weight excluding hydrogens is 550 g/mol. The molecule has 1 fully saturated rings. The summed E-state index contributed by atoms with van der Waals surface area (Å²) < 4.78 is 17.5. The van der Waals surface area contributed by atoms with Gasteiger partial charge in [0.2, 0.25) is 0 Å². The van der Waals surface area contributed by atoms with Gasteiger partial charge in [0, 0.05) is 17.1 Å². The molecule has 33 heavy (non-hydrogen) atoms. The SMILES string of the molecule is CCOc1cc(/C=C2\SC(=S)N(CCC(=O)OC)C2=O)cc(Br)c1OCc1ccccc1Cl. The van der Waals surface area contributed by atoms with Gasteiger partial charge in [0.1, 0.15) is 10.9 Å². The molecule has 0 saturated carbocycles. The van der Waals surface area contributed by atoms with Crippen LogP contribution in [0.2, 0.25) is 5.02 Å². The second-order valence-electron chi connectivity index (χ2n) is 6.80. The maximum atomic E-state index is 12.8. The minimum Gasteiger partial charge on any atom is -0.490 e. The van der Waals surface area contributed by atoms with Crippen molar-refractivity contribution in [1.29, 1.82) is 0 Å². The minimum atomic E-state index is -0.398. The van der Waals surface area contributed by atoms with Gasteiger partial charge in [-0.05, 0) is 52.7 Å². The zero-order valence-electron chi connectivity index (χ0n) is 17.9. The Kier molecular flexibility index (Phi) is 9.19. The van der Waals surface area contributed by atoms with Crippen LogP contribution in [0.1, 0.15) is 24.5 Å². The smallest absolute Gasteiger partial charge is 0.307 e. The standard InChI is InChI=1S/C23H21BrClNO5S2/c1-3-30-18-11-14(10-16(24)21(18)31-13-15-6-4-5-7-17(15)25)12-19-22(28)26(23(32)33-19)9-8-20(27)29-2/h4-7,10-12H,3,8-9,13H2,1-2H3/b19-12-. The van der Waals surface area contributed by atoms with Gasteiger partial charge in [-0.3, -0.25) is 14.5 Å². The van der Waals surface area contributed by atoms with Gasteiger partial charge in [-0.25, -0.2) is 0 Å². The van der Waals surface area contributed by atoms with Crippen LogP contribution in [0.5, 0.6) is 11.5 Å². The Bertz CT molecular complexity index is 1110. The lowest BCUT2D eigenvalue weighted by molar-refractivity contribution is -0.140. The van der Waals surface area contributed by atoms with Crippen LogP contribution in [0.25, 0.3) is 6.08 Å². The lowest BCUT2D eigenvalue weighted by atomic mass is 10.1. The summed E-state index contributed by atoms with van der Waals surface area (Å²) in [5.41, 5.74) is 1.59. The number of methoxy groups -OCH3 is 1. The first kappa shape index (κ1) is 25.6. The highest BCUT2D eigenvalue weighted by atomic mass is 79.9. The second kappa shape index (κ2) is 11.9. The number of hydrogen-bond donors (Lipinski definition) is 0. The highest BCUT2D eigenvalue weighted by Crippen LogP contribution is 2.40. The molecule has 2 aromatic carbocycles. The normalized spacial score (nSPS) is 14.7. The number of thiocarbonyl (C=S) groups is 1. The fourth-order valence-corrected chi connectivity index (χ4v) is 5.06. The van der Waals surface area contributed by atoms with E-state index < -0.39 is 5.97 Å². The summed E-state index contributed by atoms with van der Waals surface area (Å²) in [4.78, 5) is 26.1. The molecule has 0 radical (unpaired) electrons. The molecule has 0 bridgehead atoms. The molecule has 0 N–H and O–H groups in total. The van der Waals surface area contributed by atoms with Crippen LogP contribution in [0.15, 0.2) is 45.8 Å². The molecule has 0 spiro atoms. The molecule has 1 aliphatic rings. The molecule has 174 valence electrons. The molecule has 1 aliphatic heterocycles. The van der Waals surface area contributed by atoms with E-state index in [0.717, 1.165) is 11.1 Å². The second-order valence-corrected chi connectivity index (χ2v) is 9.74. The third kappa shape index (κ3) is 6.50. The average molecular weight is 571 g/mol. The number of thioether (sulfide) groups is 1. The summed E-state index contributed by atoms with van der Waals surface area (Å²) in [5.74, 6) is 0.429. The number of carbonyl (C=O) groups is 2. The Hall–Kier alpha value is -2.07. The largest absolute Gasteiger partial charge is 0.490 e. The van der Waals surface area contributed by atoms with E-state index in [-0.39, 0.29) is 25.5 Å². The summed E-state index contributed by atoms with van der Waals surface area (Å²) in [6.07, 6.45) is 1.82. The number of esters is 1. The van der Waals surface area contributed by atoms with Gasteiger partial charge in [0.25, 0.3) is 5.91 Å². The van der Waals surface area contributed by atoms with Crippen LogP contribution in [-0.2, 0) is 20.9 Å². The van der Waals surface area contributed by atoms with Gasteiger partial charge >= 0.3 is 5.97 Å². The van der Waals surface area contributed by atoms with E-state index in [4.69, 9.17) is 33.3 Å². The molecule has 2 aromatic rings. The molecule has 3 rings (SSSR count).